The van der Waals surface area contributed by atoms with Gasteiger partial charge >= 0.3 is 0 Å². The van der Waals surface area contributed by atoms with Gasteiger partial charge in [0.25, 0.3) is 0 Å². The summed E-state index contributed by atoms with van der Waals surface area (Å²) < 4.78 is 0. The van der Waals surface area contributed by atoms with E-state index in [2.05, 4.69) is 11.8 Å². The van der Waals surface area contributed by atoms with Crippen molar-refractivity contribution < 1.29 is 5.11 Å². The van der Waals surface area contributed by atoms with Gasteiger partial charge in [-0.2, -0.15) is 0 Å². The second-order valence-electron chi connectivity index (χ2n) is 7.32. The highest BCUT2D eigenvalue weighted by Gasteiger charge is 2.57. The molecule has 19 heavy (non-hydrogen) atoms. The van der Waals surface area contributed by atoms with Crippen molar-refractivity contribution >= 4 is 0 Å². The third-order valence-electron chi connectivity index (χ3n) is 6.59. The van der Waals surface area contributed by atoms with Crippen LogP contribution in [-0.4, -0.2) is 41.8 Å². The number of nitrogens with two attached hydrogens (primary N) is 1. The van der Waals surface area contributed by atoms with Crippen LogP contribution in [0.3, 0.4) is 0 Å². The lowest BCUT2D eigenvalue weighted by Crippen LogP contribution is -2.61. The zero-order valence-corrected chi connectivity index (χ0v) is 12.4. The van der Waals surface area contributed by atoms with Crippen LogP contribution in [0.15, 0.2) is 0 Å². The minimum atomic E-state index is -0.484. The molecule has 0 aromatic rings. The number of hydrogen-bond acceptors (Lipinski definition) is 3. The highest BCUT2D eigenvalue weighted by molar-refractivity contribution is 5.10. The molecule has 0 spiro atoms. The van der Waals surface area contributed by atoms with Gasteiger partial charge in [0.05, 0.1) is 5.60 Å². The van der Waals surface area contributed by atoms with Gasteiger partial charge in [-0.1, -0.05) is 26.2 Å². The van der Waals surface area contributed by atoms with Gasteiger partial charge in [-0.3, -0.25) is 0 Å². The Balaban J connectivity index is 1.87. The summed E-state index contributed by atoms with van der Waals surface area (Å²) >= 11 is 0. The molecular weight excluding hydrogens is 236 g/mol. The van der Waals surface area contributed by atoms with Gasteiger partial charge < -0.3 is 15.7 Å². The van der Waals surface area contributed by atoms with E-state index in [1.54, 1.807) is 0 Å². The predicted octanol–water partition coefficient (Wildman–Crippen LogP) is 1.99. The fourth-order valence-electron chi connectivity index (χ4n) is 5.25. The average molecular weight is 266 g/mol. The van der Waals surface area contributed by atoms with Crippen LogP contribution < -0.4 is 5.73 Å². The summed E-state index contributed by atoms with van der Waals surface area (Å²) in [6.45, 7) is 6.33. The highest BCUT2D eigenvalue weighted by atomic mass is 16.3. The zero-order valence-electron chi connectivity index (χ0n) is 12.4. The lowest BCUT2D eigenvalue weighted by Gasteiger charge is -2.55. The van der Waals surface area contributed by atoms with Crippen molar-refractivity contribution in [3.8, 4) is 0 Å². The number of aliphatic hydroxyl groups is 1. The third kappa shape index (κ3) is 2.05. The molecule has 1 saturated carbocycles. The minimum Gasteiger partial charge on any atom is -0.389 e. The second kappa shape index (κ2) is 5.01. The second-order valence-corrected chi connectivity index (χ2v) is 7.32. The molecule has 3 heteroatoms. The first kappa shape index (κ1) is 13.8. The molecule has 3 rings (SSSR count). The van der Waals surface area contributed by atoms with Crippen LogP contribution in [-0.2, 0) is 0 Å². The summed E-state index contributed by atoms with van der Waals surface area (Å²) in [6, 6.07) is 0. The molecule has 2 saturated heterocycles. The van der Waals surface area contributed by atoms with Crippen LogP contribution in [0.4, 0.5) is 0 Å². The van der Waals surface area contributed by atoms with E-state index in [4.69, 9.17) is 5.73 Å². The lowest BCUT2D eigenvalue weighted by molar-refractivity contribution is -0.160. The van der Waals surface area contributed by atoms with Crippen LogP contribution >= 0.6 is 0 Å². The molecule has 3 aliphatic rings. The summed E-state index contributed by atoms with van der Waals surface area (Å²) in [5.41, 5.74) is 5.75. The van der Waals surface area contributed by atoms with Gasteiger partial charge in [-0.15, -0.1) is 0 Å². The lowest BCUT2D eigenvalue weighted by atomic mass is 9.55. The molecule has 5 atom stereocenters. The number of hydrogen-bond donors (Lipinski definition) is 2. The maximum absolute atomic E-state index is 11.5. The topological polar surface area (TPSA) is 49.5 Å². The molecule has 110 valence electrons. The van der Waals surface area contributed by atoms with Crippen molar-refractivity contribution in [1.29, 1.82) is 0 Å². The van der Waals surface area contributed by atoms with E-state index in [1.165, 1.54) is 32.2 Å². The molecule has 2 heterocycles. The zero-order chi connectivity index (χ0) is 13.5. The van der Waals surface area contributed by atoms with Crippen molar-refractivity contribution in [2.75, 3.05) is 26.2 Å². The maximum atomic E-state index is 11.5. The van der Waals surface area contributed by atoms with Crippen molar-refractivity contribution in [2.24, 2.45) is 23.0 Å². The minimum absolute atomic E-state index is 0.00697. The number of nitrogens with zero attached hydrogens (tertiary/aromatic N) is 1. The average Bonchev–Trinajstić information content (AvgIpc) is 2.88. The van der Waals surface area contributed by atoms with Crippen molar-refractivity contribution in [1.82, 2.24) is 4.90 Å². The SMILES string of the molecule is CCC1CCCC(CN)(C2(O)CCN3CCC2C3)C1. The monoisotopic (exact) mass is 266 g/mol. The van der Waals surface area contributed by atoms with E-state index in [0.717, 1.165) is 38.3 Å². The highest BCUT2D eigenvalue weighted by Crippen LogP contribution is 2.54. The van der Waals surface area contributed by atoms with Crippen LogP contribution in [0.5, 0.6) is 0 Å². The van der Waals surface area contributed by atoms with E-state index in [1.807, 2.05) is 0 Å². The quantitative estimate of drug-likeness (QED) is 0.821. The molecule has 3 N–H and O–H groups in total. The van der Waals surface area contributed by atoms with Crippen LogP contribution in [0.2, 0.25) is 0 Å². The van der Waals surface area contributed by atoms with Crippen LogP contribution in [0.25, 0.3) is 0 Å². The first-order valence-corrected chi connectivity index (χ1v) is 8.28. The first-order chi connectivity index (χ1) is 9.13. The van der Waals surface area contributed by atoms with Gasteiger partial charge in [-0.25, -0.2) is 0 Å². The molecule has 0 aromatic carbocycles. The Morgan fingerprint density at radius 2 is 2.11 bits per heavy atom. The molecule has 3 fully saturated rings. The number of rotatable bonds is 3. The molecular formula is C16H30N2O. The molecule has 0 radical (unpaired) electrons. The Bertz CT molecular complexity index is 335. The summed E-state index contributed by atoms with van der Waals surface area (Å²) in [5.74, 6) is 1.25. The van der Waals surface area contributed by atoms with Crippen molar-refractivity contribution in [3.05, 3.63) is 0 Å². The van der Waals surface area contributed by atoms with E-state index in [0.29, 0.717) is 12.5 Å². The fourth-order valence-corrected chi connectivity index (χ4v) is 5.25. The standard InChI is InChI=1S/C16H30N2O/c1-2-13-4-3-6-15(10-13,12-17)16(19)7-9-18-8-5-14(16)11-18/h13-14,19H,2-12,17H2,1H3. The summed E-state index contributed by atoms with van der Waals surface area (Å²) in [5, 5.41) is 11.5. The summed E-state index contributed by atoms with van der Waals surface area (Å²) in [4.78, 5) is 2.52. The van der Waals surface area contributed by atoms with E-state index < -0.39 is 5.60 Å². The summed E-state index contributed by atoms with van der Waals surface area (Å²) in [6.07, 6.45) is 8.27. The normalized spacial score (nSPS) is 50.4. The van der Waals surface area contributed by atoms with Gasteiger partial charge in [0.1, 0.15) is 0 Å². The Morgan fingerprint density at radius 3 is 2.84 bits per heavy atom. The van der Waals surface area contributed by atoms with Gasteiger partial charge in [0, 0.05) is 31.0 Å². The molecule has 1 aliphatic carbocycles. The summed E-state index contributed by atoms with van der Waals surface area (Å²) in [7, 11) is 0. The van der Waals surface area contributed by atoms with Gasteiger partial charge in [0.15, 0.2) is 0 Å². The molecule has 2 aliphatic heterocycles. The Kier molecular flexibility index (Phi) is 3.65. The van der Waals surface area contributed by atoms with E-state index >= 15 is 0 Å². The van der Waals surface area contributed by atoms with Crippen LogP contribution in [0.1, 0.15) is 51.9 Å². The Hall–Kier alpha value is -0.120. The number of piperidine rings is 1. The fraction of sp³-hybridized carbons (Fsp3) is 1.00. The molecule has 3 nitrogen and oxygen atoms in total. The molecule has 0 aromatic heterocycles. The maximum Gasteiger partial charge on any atom is 0.0768 e. The Morgan fingerprint density at radius 1 is 1.26 bits per heavy atom. The van der Waals surface area contributed by atoms with Crippen molar-refractivity contribution in [3.63, 3.8) is 0 Å². The third-order valence-corrected chi connectivity index (χ3v) is 6.59. The predicted molar refractivity (Wildman–Crippen MR) is 77.9 cm³/mol. The van der Waals surface area contributed by atoms with E-state index in [9.17, 15) is 5.11 Å². The van der Waals surface area contributed by atoms with Crippen molar-refractivity contribution in [2.45, 2.75) is 57.5 Å². The van der Waals surface area contributed by atoms with Crippen LogP contribution in [0, 0.1) is 17.3 Å². The first-order valence-electron chi connectivity index (χ1n) is 8.28. The van der Waals surface area contributed by atoms with Gasteiger partial charge in [0.2, 0.25) is 0 Å². The smallest absolute Gasteiger partial charge is 0.0768 e. The largest absolute Gasteiger partial charge is 0.389 e. The molecule has 5 unspecified atom stereocenters. The molecule has 2 bridgehead atoms. The Labute approximate surface area is 117 Å². The molecule has 0 amide bonds. The van der Waals surface area contributed by atoms with Gasteiger partial charge in [-0.05, 0) is 38.1 Å². The van der Waals surface area contributed by atoms with E-state index in [-0.39, 0.29) is 5.41 Å². The number of fused-ring (bicyclic) bond motifs is 2.